The van der Waals surface area contributed by atoms with Crippen molar-refractivity contribution in [2.45, 2.75) is 45.2 Å². The molecule has 21 heavy (non-hydrogen) atoms. The molecule has 0 amide bonds. The molecule has 1 heterocycles. The van der Waals surface area contributed by atoms with E-state index in [4.69, 9.17) is 9.47 Å². The van der Waals surface area contributed by atoms with Crippen molar-refractivity contribution in [1.29, 1.82) is 0 Å². The number of aliphatic imine (C=N–C) groups is 2. The minimum atomic E-state index is -0.122. The van der Waals surface area contributed by atoms with Crippen LogP contribution in [0.15, 0.2) is 22.1 Å². The van der Waals surface area contributed by atoms with Gasteiger partial charge in [0.05, 0.1) is 14.2 Å². The summed E-state index contributed by atoms with van der Waals surface area (Å²) in [5, 5.41) is 0. The molecule has 0 bridgehead atoms. The number of ketones is 1. The summed E-state index contributed by atoms with van der Waals surface area (Å²) >= 11 is 0. The molecule has 0 aromatic carbocycles. The molecule has 1 aliphatic heterocycles. The zero-order chi connectivity index (χ0) is 15.4. The lowest BCUT2D eigenvalue weighted by Gasteiger charge is -2.28. The van der Waals surface area contributed by atoms with Gasteiger partial charge in [-0.05, 0) is 30.8 Å². The second-order valence-corrected chi connectivity index (χ2v) is 5.91. The van der Waals surface area contributed by atoms with Crippen LogP contribution >= 0.6 is 0 Å². The second kappa shape index (κ2) is 6.87. The first-order valence-electron chi connectivity index (χ1n) is 7.49. The van der Waals surface area contributed by atoms with E-state index in [1.165, 1.54) is 0 Å². The number of carbonyl (C=O) groups excluding carboxylic acids is 1. The Morgan fingerprint density at radius 2 is 1.95 bits per heavy atom. The monoisotopic (exact) mass is 292 g/mol. The van der Waals surface area contributed by atoms with E-state index in [1.807, 2.05) is 6.08 Å². The predicted molar refractivity (Wildman–Crippen MR) is 82.8 cm³/mol. The summed E-state index contributed by atoms with van der Waals surface area (Å²) in [6.45, 7) is 4.18. The molecule has 2 aliphatic rings. The van der Waals surface area contributed by atoms with Gasteiger partial charge in [0.25, 0.3) is 0 Å². The number of carbonyl (C=O) groups is 1. The fraction of sp³-hybridized carbons (Fsp3) is 0.688. The lowest BCUT2D eigenvalue weighted by molar-refractivity contribution is -0.115. The molecule has 0 aromatic rings. The molecule has 0 aromatic heterocycles. The SMILES string of the molecule is COC1=N[C@H](C(C)C)C(OC)=N[C@H]1C[C@@H]1C=CC(=O)CC1. The topological polar surface area (TPSA) is 60.2 Å². The smallest absolute Gasteiger partial charge is 0.209 e. The third-order valence-electron chi connectivity index (χ3n) is 3.98. The summed E-state index contributed by atoms with van der Waals surface area (Å²) in [4.78, 5) is 20.6. The van der Waals surface area contributed by atoms with Crippen molar-refractivity contribution >= 4 is 17.6 Å². The van der Waals surface area contributed by atoms with E-state index in [-0.39, 0.29) is 17.9 Å². The standard InChI is InChI=1S/C16H24N2O3/c1-10(2)14-16(21-4)17-13(15(18-14)20-3)9-11-5-7-12(19)8-6-11/h5,7,10-11,13-14H,6,8-9H2,1-4H3/t11-,13+,14-/m1/s1. The molecule has 5 nitrogen and oxygen atoms in total. The van der Waals surface area contributed by atoms with Crippen LogP contribution in [0, 0.1) is 11.8 Å². The third kappa shape index (κ3) is 3.71. The second-order valence-electron chi connectivity index (χ2n) is 5.91. The maximum atomic E-state index is 11.3. The molecule has 3 atom stereocenters. The van der Waals surface area contributed by atoms with Crippen LogP contribution in [0.4, 0.5) is 0 Å². The highest BCUT2D eigenvalue weighted by molar-refractivity contribution is 5.94. The van der Waals surface area contributed by atoms with Crippen LogP contribution in [0.5, 0.6) is 0 Å². The van der Waals surface area contributed by atoms with Gasteiger partial charge in [0, 0.05) is 6.42 Å². The Kier molecular flexibility index (Phi) is 5.15. The van der Waals surface area contributed by atoms with E-state index in [1.54, 1.807) is 20.3 Å². The van der Waals surface area contributed by atoms with Crippen molar-refractivity contribution < 1.29 is 14.3 Å². The van der Waals surface area contributed by atoms with Gasteiger partial charge in [-0.1, -0.05) is 19.9 Å². The Morgan fingerprint density at radius 1 is 1.24 bits per heavy atom. The van der Waals surface area contributed by atoms with Crippen molar-refractivity contribution in [3.8, 4) is 0 Å². The molecule has 0 spiro atoms. The van der Waals surface area contributed by atoms with Crippen LogP contribution in [0.2, 0.25) is 0 Å². The Hall–Kier alpha value is -1.65. The largest absolute Gasteiger partial charge is 0.483 e. The Bertz CT molecular complexity index is 480. The van der Waals surface area contributed by atoms with Gasteiger partial charge < -0.3 is 9.47 Å². The van der Waals surface area contributed by atoms with Crippen molar-refractivity contribution in [2.24, 2.45) is 21.8 Å². The normalized spacial score (nSPS) is 29.2. The maximum Gasteiger partial charge on any atom is 0.209 e. The zero-order valence-electron chi connectivity index (χ0n) is 13.2. The van der Waals surface area contributed by atoms with Crippen LogP contribution in [0.25, 0.3) is 0 Å². The van der Waals surface area contributed by atoms with E-state index in [0.717, 1.165) is 12.8 Å². The van der Waals surface area contributed by atoms with Gasteiger partial charge in [0.2, 0.25) is 11.8 Å². The van der Waals surface area contributed by atoms with Crippen molar-refractivity contribution in [1.82, 2.24) is 0 Å². The highest BCUT2D eigenvalue weighted by atomic mass is 16.5. The summed E-state index contributed by atoms with van der Waals surface area (Å²) in [5.74, 6) is 2.19. The molecular formula is C16H24N2O3. The van der Waals surface area contributed by atoms with Gasteiger partial charge in [-0.3, -0.25) is 4.79 Å². The van der Waals surface area contributed by atoms with Crippen LogP contribution in [-0.2, 0) is 14.3 Å². The van der Waals surface area contributed by atoms with Crippen LogP contribution in [-0.4, -0.2) is 43.9 Å². The third-order valence-corrected chi connectivity index (χ3v) is 3.98. The van der Waals surface area contributed by atoms with Gasteiger partial charge in [0.1, 0.15) is 12.1 Å². The fourth-order valence-electron chi connectivity index (χ4n) is 2.75. The van der Waals surface area contributed by atoms with Gasteiger partial charge in [-0.2, -0.15) is 0 Å². The highest BCUT2D eigenvalue weighted by Gasteiger charge is 2.32. The van der Waals surface area contributed by atoms with Crippen LogP contribution in [0.1, 0.15) is 33.1 Å². The van der Waals surface area contributed by atoms with Crippen molar-refractivity contribution in [3.05, 3.63) is 12.2 Å². The van der Waals surface area contributed by atoms with Crippen molar-refractivity contribution in [2.75, 3.05) is 14.2 Å². The number of rotatable bonds is 3. The molecule has 0 saturated carbocycles. The molecule has 0 unspecified atom stereocenters. The quantitative estimate of drug-likeness (QED) is 0.802. The average molecular weight is 292 g/mol. The Morgan fingerprint density at radius 3 is 2.48 bits per heavy atom. The maximum absolute atomic E-state index is 11.3. The van der Waals surface area contributed by atoms with E-state index in [9.17, 15) is 4.79 Å². The average Bonchev–Trinajstić information content (AvgIpc) is 2.48. The number of hydrogen-bond donors (Lipinski definition) is 0. The first kappa shape index (κ1) is 15.7. The van der Waals surface area contributed by atoms with Crippen LogP contribution in [0.3, 0.4) is 0 Å². The zero-order valence-corrected chi connectivity index (χ0v) is 13.2. The molecular weight excluding hydrogens is 268 g/mol. The van der Waals surface area contributed by atoms with E-state index in [2.05, 4.69) is 23.8 Å². The number of nitrogens with zero attached hydrogens (tertiary/aromatic N) is 2. The minimum absolute atomic E-state index is 0.0790. The lowest BCUT2D eigenvalue weighted by atomic mass is 9.89. The predicted octanol–water partition coefficient (Wildman–Crippen LogP) is 2.41. The van der Waals surface area contributed by atoms with Crippen molar-refractivity contribution in [3.63, 3.8) is 0 Å². The van der Waals surface area contributed by atoms with E-state index >= 15 is 0 Å². The number of ether oxygens (including phenoxy) is 2. The number of methoxy groups -OCH3 is 2. The van der Waals surface area contributed by atoms with Gasteiger partial charge >= 0.3 is 0 Å². The summed E-state index contributed by atoms with van der Waals surface area (Å²) in [6, 6.07) is -0.201. The molecule has 2 rings (SSSR count). The summed E-state index contributed by atoms with van der Waals surface area (Å²) in [7, 11) is 3.27. The lowest BCUT2D eigenvalue weighted by Crippen LogP contribution is -2.38. The molecule has 0 saturated heterocycles. The van der Waals surface area contributed by atoms with Gasteiger partial charge in [-0.25, -0.2) is 9.98 Å². The Balaban J connectivity index is 2.14. The Labute approximate surface area is 126 Å². The number of allylic oxidation sites excluding steroid dienone is 2. The fourth-order valence-corrected chi connectivity index (χ4v) is 2.75. The number of hydrogen-bond acceptors (Lipinski definition) is 5. The minimum Gasteiger partial charge on any atom is -0.483 e. The molecule has 1 aliphatic carbocycles. The van der Waals surface area contributed by atoms with E-state index < -0.39 is 0 Å². The van der Waals surface area contributed by atoms with Gasteiger partial charge in [0.15, 0.2) is 5.78 Å². The summed E-state index contributed by atoms with van der Waals surface area (Å²) in [6.07, 6.45) is 5.94. The molecule has 0 radical (unpaired) electrons. The summed E-state index contributed by atoms with van der Waals surface area (Å²) < 4.78 is 10.8. The summed E-state index contributed by atoms with van der Waals surface area (Å²) in [5.41, 5.74) is 0. The molecule has 0 N–H and O–H groups in total. The molecule has 5 heteroatoms. The van der Waals surface area contributed by atoms with Crippen LogP contribution < -0.4 is 0 Å². The first-order valence-corrected chi connectivity index (χ1v) is 7.49. The first-order chi connectivity index (χ1) is 10.0. The van der Waals surface area contributed by atoms with E-state index in [0.29, 0.717) is 30.1 Å². The van der Waals surface area contributed by atoms with Gasteiger partial charge in [-0.15, -0.1) is 0 Å². The highest BCUT2D eigenvalue weighted by Crippen LogP contribution is 2.25. The molecule has 0 fully saturated rings. The molecule has 116 valence electrons.